The van der Waals surface area contributed by atoms with Crippen molar-refractivity contribution in [3.8, 4) is 0 Å². The molecule has 0 radical (unpaired) electrons. The molecule has 31 heavy (non-hydrogen) atoms. The van der Waals surface area contributed by atoms with Gasteiger partial charge in [0.1, 0.15) is 0 Å². The first kappa shape index (κ1) is 22.1. The molecule has 4 rings (SSSR count). The number of rotatable bonds is 3. The predicted molar refractivity (Wildman–Crippen MR) is 127 cm³/mol. The summed E-state index contributed by atoms with van der Waals surface area (Å²) < 4.78 is 29.0. The van der Waals surface area contributed by atoms with Crippen LogP contribution in [0.4, 0.5) is 0 Å². The Kier molecular flexibility index (Phi) is 5.53. The molecule has 1 aromatic carbocycles. The number of pyridine rings is 1. The number of hydrogen-bond donors (Lipinski definition) is 1. The number of fused-ring (bicyclic) bond motifs is 1. The van der Waals surface area contributed by atoms with E-state index in [1.165, 1.54) is 3.97 Å². The van der Waals surface area contributed by atoms with Gasteiger partial charge in [0.05, 0.1) is 15.6 Å². The Balaban J connectivity index is 2.01. The van der Waals surface area contributed by atoms with Crippen molar-refractivity contribution in [3.63, 3.8) is 0 Å². The molecule has 2 aromatic heterocycles. The zero-order valence-electron chi connectivity index (χ0n) is 18.5. The van der Waals surface area contributed by atoms with E-state index in [1.807, 2.05) is 32.0 Å². The largest absolute Gasteiger partial charge is 0.310 e. The van der Waals surface area contributed by atoms with Crippen LogP contribution in [-0.2, 0) is 10.0 Å². The summed E-state index contributed by atoms with van der Waals surface area (Å²) in [6.45, 7) is 11.1. The number of nitrogens with zero attached hydrogens (tertiary/aromatic N) is 2. The third-order valence-corrected chi connectivity index (χ3v) is 8.06. The maximum atomic E-state index is 13.8. The van der Waals surface area contributed by atoms with Crippen LogP contribution in [0.2, 0.25) is 5.02 Å². The van der Waals surface area contributed by atoms with Crippen LogP contribution in [0.3, 0.4) is 0 Å². The molecular weight excluding hydrogens is 430 g/mol. The lowest BCUT2D eigenvalue weighted by molar-refractivity contribution is 0.310. The summed E-state index contributed by atoms with van der Waals surface area (Å²) in [4.78, 5) is 4.72. The van der Waals surface area contributed by atoms with E-state index in [2.05, 4.69) is 37.1 Å². The third-order valence-electron chi connectivity index (χ3n) is 5.84. The molecule has 0 aliphatic carbocycles. The molecule has 0 spiro atoms. The average Bonchev–Trinajstić information content (AvgIpc) is 3.12. The van der Waals surface area contributed by atoms with Gasteiger partial charge in [-0.1, -0.05) is 56.1 Å². The SMILES string of the molecule is Cc1ccc(S(=O)(=O)n2c(C3=CC(C(C)(C)C)NCC3)cc3c(Cl)c(C)cnc32)cc1. The van der Waals surface area contributed by atoms with Crippen molar-refractivity contribution < 1.29 is 8.42 Å². The minimum Gasteiger partial charge on any atom is -0.310 e. The van der Waals surface area contributed by atoms with Crippen molar-refractivity contribution in [2.45, 2.75) is 52.0 Å². The Labute approximate surface area is 189 Å². The van der Waals surface area contributed by atoms with Crippen molar-refractivity contribution in [1.82, 2.24) is 14.3 Å². The van der Waals surface area contributed by atoms with Crippen LogP contribution in [0.25, 0.3) is 16.6 Å². The Morgan fingerprint density at radius 3 is 2.48 bits per heavy atom. The van der Waals surface area contributed by atoms with Crippen LogP contribution in [0.15, 0.2) is 47.5 Å². The van der Waals surface area contributed by atoms with Gasteiger partial charge in [-0.25, -0.2) is 17.4 Å². The Bertz CT molecular complexity index is 1280. The topological polar surface area (TPSA) is 64.0 Å². The number of halogens is 1. The van der Waals surface area contributed by atoms with E-state index in [-0.39, 0.29) is 16.4 Å². The van der Waals surface area contributed by atoms with E-state index >= 15 is 0 Å². The molecule has 3 aromatic rings. The summed E-state index contributed by atoms with van der Waals surface area (Å²) in [5.41, 5.74) is 3.80. The quantitative estimate of drug-likeness (QED) is 0.577. The highest BCUT2D eigenvalue weighted by molar-refractivity contribution is 7.90. The molecule has 0 amide bonds. The second-order valence-electron chi connectivity index (χ2n) is 9.34. The van der Waals surface area contributed by atoms with Gasteiger partial charge in [-0.15, -0.1) is 0 Å². The predicted octanol–water partition coefficient (Wildman–Crippen LogP) is 5.33. The normalized spacial score (nSPS) is 17.7. The molecule has 3 heterocycles. The lowest BCUT2D eigenvalue weighted by atomic mass is 9.83. The van der Waals surface area contributed by atoms with Gasteiger partial charge in [-0.05, 0) is 61.6 Å². The first-order chi connectivity index (χ1) is 14.5. The summed E-state index contributed by atoms with van der Waals surface area (Å²) in [5, 5.41) is 4.72. The van der Waals surface area contributed by atoms with Crippen molar-refractivity contribution in [2.75, 3.05) is 6.54 Å². The fourth-order valence-electron chi connectivity index (χ4n) is 3.95. The molecule has 1 aliphatic heterocycles. The van der Waals surface area contributed by atoms with Gasteiger partial charge in [0.15, 0.2) is 5.65 Å². The fraction of sp³-hybridized carbons (Fsp3) is 0.375. The Hall–Kier alpha value is -2.15. The van der Waals surface area contributed by atoms with Gasteiger partial charge in [0, 0.05) is 17.6 Å². The number of aromatic nitrogens is 2. The fourth-order valence-corrected chi connectivity index (χ4v) is 5.63. The van der Waals surface area contributed by atoms with Gasteiger partial charge in [0.25, 0.3) is 10.0 Å². The van der Waals surface area contributed by atoms with Crippen LogP contribution < -0.4 is 5.32 Å². The van der Waals surface area contributed by atoms with Crippen molar-refractivity contribution >= 4 is 38.2 Å². The monoisotopic (exact) mass is 457 g/mol. The van der Waals surface area contributed by atoms with E-state index in [9.17, 15) is 8.42 Å². The molecule has 1 N–H and O–H groups in total. The van der Waals surface area contributed by atoms with Crippen LogP contribution in [-0.4, -0.2) is 30.0 Å². The van der Waals surface area contributed by atoms with Crippen molar-refractivity contribution in [2.24, 2.45) is 5.41 Å². The molecule has 0 bridgehead atoms. The summed E-state index contributed by atoms with van der Waals surface area (Å²) in [5.74, 6) is 0. The molecule has 1 aliphatic rings. The molecule has 7 heteroatoms. The zero-order chi connectivity index (χ0) is 22.6. The van der Waals surface area contributed by atoms with Crippen LogP contribution in [0.5, 0.6) is 0 Å². The first-order valence-electron chi connectivity index (χ1n) is 10.4. The van der Waals surface area contributed by atoms with Gasteiger partial charge in [0.2, 0.25) is 0 Å². The molecule has 0 saturated heterocycles. The lowest BCUT2D eigenvalue weighted by Gasteiger charge is -2.33. The minimum absolute atomic E-state index is 0.00479. The molecular formula is C24H28ClN3O2S. The van der Waals surface area contributed by atoms with Crippen molar-refractivity contribution in [1.29, 1.82) is 0 Å². The van der Waals surface area contributed by atoms with E-state index < -0.39 is 10.0 Å². The first-order valence-corrected chi connectivity index (χ1v) is 12.2. The number of aryl methyl sites for hydroxylation is 2. The molecule has 0 saturated carbocycles. The van der Waals surface area contributed by atoms with Crippen LogP contribution in [0, 0.1) is 19.3 Å². The number of hydrogen-bond acceptors (Lipinski definition) is 4. The molecule has 1 unspecified atom stereocenters. The molecule has 0 fully saturated rings. The average molecular weight is 458 g/mol. The smallest absolute Gasteiger partial charge is 0.269 e. The highest BCUT2D eigenvalue weighted by atomic mass is 35.5. The molecule has 164 valence electrons. The zero-order valence-corrected chi connectivity index (χ0v) is 20.1. The maximum absolute atomic E-state index is 13.8. The molecule has 5 nitrogen and oxygen atoms in total. The number of nitrogens with one attached hydrogen (secondary N) is 1. The van der Waals surface area contributed by atoms with Gasteiger partial charge >= 0.3 is 0 Å². The highest BCUT2D eigenvalue weighted by Crippen LogP contribution is 2.36. The second-order valence-corrected chi connectivity index (χ2v) is 11.5. The summed E-state index contributed by atoms with van der Waals surface area (Å²) in [7, 11) is -3.87. The second kappa shape index (κ2) is 7.76. The van der Waals surface area contributed by atoms with E-state index in [1.54, 1.807) is 18.3 Å². The minimum atomic E-state index is -3.87. The summed E-state index contributed by atoms with van der Waals surface area (Å²) in [6, 6.07) is 8.91. The van der Waals surface area contributed by atoms with Gasteiger partial charge < -0.3 is 5.32 Å². The van der Waals surface area contributed by atoms with E-state index in [0.29, 0.717) is 21.7 Å². The molecule has 1 atom stereocenters. The Morgan fingerprint density at radius 2 is 1.84 bits per heavy atom. The van der Waals surface area contributed by atoms with E-state index in [4.69, 9.17) is 11.6 Å². The Morgan fingerprint density at radius 1 is 1.16 bits per heavy atom. The van der Waals surface area contributed by atoms with Gasteiger partial charge in [-0.2, -0.15) is 0 Å². The highest BCUT2D eigenvalue weighted by Gasteiger charge is 2.30. The van der Waals surface area contributed by atoms with Crippen LogP contribution >= 0.6 is 11.6 Å². The maximum Gasteiger partial charge on any atom is 0.269 e. The van der Waals surface area contributed by atoms with Gasteiger partial charge in [-0.3, -0.25) is 0 Å². The summed E-state index contributed by atoms with van der Waals surface area (Å²) >= 11 is 6.59. The van der Waals surface area contributed by atoms with Crippen molar-refractivity contribution in [3.05, 3.63) is 64.4 Å². The standard InChI is InChI=1S/C24H28ClN3O2S/c1-15-6-8-18(9-7-15)31(29,30)28-20(13-19-22(25)16(2)14-27-23(19)28)17-10-11-26-21(12-17)24(3,4)5/h6-9,12-14,21,26H,10-11H2,1-5H3. The lowest BCUT2D eigenvalue weighted by Crippen LogP contribution is -2.41. The van der Waals surface area contributed by atoms with E-state index in [0.717, 1.165) is 29.7 Å². The summed E-state index contributed by atoms with van der Waals surface area (Å²) in [6.07, 6.45) is 4.51. The van der Waals surface area contributed by atoms with Crippen LogP contribution in [0.1, 0.15) is 44.0 Å². The third kappa shape index (κ3) is 3.93. The number of benzene rings is 1.